The Balaban J connectivity index is 1.25. The number of methoxy groups -OCH3 is 1. The van der Waals surface area contributed by atoms with Gasteiger partial charge in [0.25, 0.3) is 5.91 Å². The molecule has 2 aromatic heterocycles. The first-order chi connectivity index (χ1) is 21.0. The molecule has 13 nitrogen and oxygen atoms in total. The van der Waals surface area contributed by atoms with Crippen LogP contribution in [0.3, 0.4) is 0 Å². The topological polar surface area (TPSA) is 155 Å². The number of rotatable bonds is 11. The predicted molar refractivity (Wildman–Crippen MR) is 158 cm³/mol. The molecule has 0 spiro atoms. The molecule has 13 heteroatoms. The summed E-state index contributed by atoms with van der Waals surface area (Å²) < 4.78 is 13.3. The Kier molecular flexibility index (Phi) is 9.40. The zero-order valence-corrected chi connectivity index (χ0v) is 24.1. The van der Waals surface area contributed by atoms with Gasteiger partial charge < -0.3 is 24.8 Å². The maximum Gasteiger partial charge on any atom is 0.254 e. The number of nitrogens with one attached hydrogen (secondary N) is 1. The Morgan fingerprint density at radius 2 is 1.88 bits per heavy atom. The van der Waals surface area contributed by atoms with E-state index in [0.717, 1.165) is 24.2 Å². The predicted octanol–water partition coefficient (Wildman–Crippen LogP) is 2.58. The van der Waals surface area contributed by atoms with Crippen LogP contribution in [0.25, 0.3) is 11.1 Å². The number of carbonyl (C=O) groups excluding carboxylic acids is 1. The van der Waals surface area contributed by atoms with E-state index in [-0.39, 0.29) is 18.6 Å². The van der Waals surface area contributed by atoms with E-state index in [1.165, 1.54) is 6.33 Å². The number of hydrogen-bond donors (Lipinski definition) is 2. The number of benzene rings is 2. The van der Waals surface area contributed by atoms with Crippen LogP contribution in [0.15, 0.2) is 61.4 Å². The van der Waals surface area contributed by atoms with Crippen molar-refractivity contribution in [2.45, 2.75) is 19.6 Å². The molecule has 222 valence electrons. The minimum atomic E-state index is -0.245. The second-order valence-corrected chi connectivity index (χ2v) is 10.1. The molecular formula is C30H33N9O4. The van der Waals surface area contributed by atoms with Gasteiger partial charge in [-0.05, 0) is 42.8 Å². The maximum atomic E-state index is 13.1. The summed E-state index contributed by atoms with van der Waals surface area (Å²) in [5.74, 6) is 1.24. The lowest BCUT2D eigenvalue weighted by atomic mass is 10.1. The first-order valence-corrected chi connectivity index (χ1v) is 13.9. The fourth-order valence-corrected chi connectivity index (χ4v) is 4.82. The lowest BCUT2D eigenvalue weighted by Crippen LogP contribution is -2.49. The molecule has 1 fully saturated rings. The number of aliphatic hydroxyl groups is 1. The van der Waals surface area contributed by atoms with Crippen LogP contribution in [-0.2, 0) is 6.54 Å². The molecule has 1 atom stereocenters. The number of aromatic nitrogens is 5. The molecule has 1 aliphatic rings. The molecule has 3 heterocycles. The van der Waals surface area contributed by atoms with Crippen LogP contribution in [0, 0.1) is 11.3 Å². The third kappa shape index (κ3) is 7.24. The van der Waals surface area contributed by atoms with Gasteiger partial charge >= 0.3 is 0 Å². The number of hydrogen-bond acceptors (Lipinski definition) is 11. The molecule has 0 bridgehead atoms. The van der Waals surface area contributed by atoms with Gasteiger partial charge in [-0.25, -0.2) is 19.6 Å². The number of piperazine rings is 1. The van der Waals surface area contributed by atoms with Crippen molar-refractivity contribution >= 4 is 17.5 Å². The van der Waals surface area contributed by atoms with Gasteiger partial charge in [0.05, 0.1) is 31.5 Å². The summed E-state index contributed by atoms with van der Waals surface area (Å²) in [5, 5.41) is 26.0. The number of amides is 1. The van der Waals surface area contributed by atoms with Crippen LogP contribution in [0.1, 0.15) is 22.8 Å². The largest absolute Gasteiger partial charge is 0.495 e. The summed E-state index contributed by atoms with van der Waals surface area (Å²) >= 11 is 0. The monoisotopic (exact) mass is 583 g/mol. The highest BCUT2D eigenvalue weighted by Crippen LogP contribution is 2.30. The average Bonchev–Trinajstić information content (AvgIpc) is 3.54. The molecule has 0 radical (unpaired) electrons. The van der Waals surface area contributed by atoms with Crippen molar-refractivity contribution in [1.82, 2.24) is 34.5 Å². The van der Waals surface area contributed by atoms with Gasteiger partial charge in [-0.15, -0.1) is 0 Å². The van der Waals surface area contributed by atoms with Gasteiger partial charge in [0.1, 0.15) is 36.3 Å². The van der Waals surface area contributed by atoms with E-state index in [1.54, 1.807) is 60.8 Å². The van der Waals surface area contributed by atoms with Gasteiger partial charge in [-0.2, -0.15) is 10.4 Å². The summed E-state index contributed by atoms with van der Waals surface area (Å²) in [4.78, 5) is 29.9. The molecule has 1 unspecified atom stereocenters. The van der Waals surface area contributed by atoms with Crippen molar-refractivity contribution in [2.75, 3.05) is 51.8 Å². The Morgan fingerprint density at radius 3 is 2.56 bits per heavy atom. The van der Waals surface area contributed by atoms with E-state index < -0.39 is 0 Å². The van der Waals surface area contributed by atoms with E-state index >= 15 is 0 Å². The third-order valence-electron chi connectivity index (χ3n) is 7.10. The van der Waals surface area contributed by atoms with Crippen molar-refractivity contribution < 1.29 is 19.4 Å². The minimum absolute atomic E-state index is 0.0624. The molecule has 2 N–H and O–H groups in total. The maximum absolute atomic E-state index is 13.1. The van der Waals surface area contributed by atoms with Crippen LogP contribution in [0.5, 0.6) is 11.5 Å². The van der Waals surface area contributed by atoms with E-state index in [1.807, 2.05) is 17.9 Å². The molecule has 1 aliphatic heterocycles. The lowest BCUT2D eigenvalue weighted by molar-refractivity contribution is 0.0614. The van der Waals surface area contributed by atoms with Crippen molar-refractivity contribution in [3.05, 3.63) is 72.6 Å². The standard InChI is InChI=1S/C30H33N9O4/c1-21(18-39-20-32-19-35-39)43-27-13-22(3-4-24(27)15-31)25-16-33-30(34-17-25)36-26-6-5-23(14-28(26)42-2)29(41)38-9-7-37(8-10-38)11-12-40/h3-6,13-14,16-17,19-21,40H,7-12,18H2,1-2H3,(H,33,34,36). The number of nitriles is 1. The number of anilines is 2. The summed E-state index contributed by atoms with van der Waals surface area (Å²) in [6.07, 6.45) is 6.19. The highest BCUT2D eigenvalue weighted by Gasteiger charge is 2.23. The molecule has 4 aromatic rings. The van der Waals surface area contributed by atoms with Gasteiger partial charge in [-0.1, -0.05) is 6.07 Å². The molecule has 1 amide bonds. The molecule has 0 aliphatic carbocycles. The van der Waals surface area contributed by atoms with Gasteiger partial charge in [0.2, 0.25) is 5.95 Å². The quantitative estimate of drug-likeness (QED) is 0.268. The fourth-order valence-electron chi connectivity index (χ4n) is 4.82. The van der Waals surface area contributed by atoms with E-state index in [0.29, 0.717) is 60.4 Å². The van der Waals surface area contributed by atoms with Crippen LogP contribution in [-0.4, -0.2) is 98.1 Å². The fraction of sp³-hybridized carbons (Fsp3) is 0.333. The molecule has 1 saturated heterocycles. The highest BCUT2D eigenvalue weighted by molar-refractivity contribution is 5.95. The van der Waals surface area contributed by atoms with Crippen molar-refractivity contribution in [3.8, 4) is 28.7 Å². The van der Waals surface area contributed by atoms with Gasteiger partial charge in [-0.3, -0.25) is 9.69 Å². The number of carbonyl (C=O) groups is 1. The molecule has 0 saturated carbocycles. The smallest absolute Gasteiger partial charge is 0.254 e. The van der Waals surface area contributed by atoms with Crippen LogP contribution in [0.2, 0.25) is 0 Å². The summed E-state index contributed by atoms with van der Waals surface area (Å²) in [7, 11) is 1.55. The Labute approximate surface area is 249 Å². The molecular weight excluding hydrogens is 550 g/mol. The second-order valence-electron chi connectivity index (χ2n) is 10.1. The van der Waals surface area contributed by atoms with Crippen LogP contribution in [0.4, 0.5) is 11.6 Å². The number of ether oxygens (including phenoxy) is 2. The number of nitrogens with zero attached hydrogens (tertiary/aromatic N) is 8. The van der Waals surface area contributed by atoms with Crippen molar-refractivity contribution in [3.63, 3.8) is 0 Å². The van der Waals surface area contributed by atoms with E-state index in [9.17, 15) is 10.1 Å². The summed E-state index contributed by atoms with van der Waals surface area (Å²) in [6.45, 7) is 5.80. The summed E-state index contributed by atoms with van der Waals surface area (Å²) in [6, 6.07) is 12.7. The SMILES string of the molecule is COc1cc(C(=O)N2CCN(CCO)CC2)ccc1Nc1ncc(-c2ccc(C#N)c(OC(C)Cn3cncn3)c2)cn1. The molecule has 5 rings (SSSR count). The van der Waals surface area contributed by atoms with Crippen molar-refractivity contribution in [2.24, 2.45) is 0 Å². The van der Waals surface area contributed by atoms with E-state index in [4.69, 9.17) is 14.6 Å². The zero-order chi connectivity index (χ0) is 30.2. The average molecular weight is 584 g/mol. The Bertz CT molecular complexity index is 1560. The van der Waals surface area contributed by atoms with Crippen LogP contribution < -0.4 is 14.8 Å². The number of β-amino-alcohol motifs (C(OH)–C–C–N with tert-alkyl or cyclic N) is 1. The van der Waals surface area contributed by atoms with E-state index in [2.05, 4.69) is 36.3 Å². The Hall–Kier alpha value is -5.06. The van der Waals surface area contributed by atoms with Crippen LogP contribution >= 0.6 is 0 Å². The lowest BCUT2D eigenvalue weighted by Gasteiger charge is -2.34. The third-order valence-corrected chi connectivity index (χ3v) is 7.10. The first-order valence-electron chi connectivity index (χ1n) is 13.9. The zero-order valence-electron chi connectivity index (χ0n) is 24.1. The minimum Gasteiger partial charge on any atom is -0.495 e. The van der Waals surface area contributed by atoms with Gasteiger partial charge in [0, 0.05) is 56.2 Å². The molecule has 2 aromatic carbocycles. The normalized spacial score (nSPS) is 14.1. The second kappa shape index (κ2) is 13.7. The first kappa shape index (κ1) is 29.4. The summed E-state index contributed by atoms with van der Waals surface area (Å²) in [5.41, 5.74) is 3.12. The highest BCUT2D eigenvalue weighted by atomic mass is 16.5. The van der Waals surface area contributed by atoms with Crippen molar-refractivity contribution in [1.29, 1.82) is 5.26 Å². The Morgan fingerprint density at radius 1 is 1.09 bits per heavy atom. The number of aliphatic hydroxyl groups excluding tert-OH is 1. The molecule has 43 heavy (non-hydrogen) atoms. The van der Waals surface area contributed by atoms with Gasteiger partial charge in [0.15, 0.2) is 0 Å².